The van der Waals surface area contributed by atoms with E-state index < -0.39 is 0 Å². The molecule has 3 nitrogen and oxygen atoms in total. The fourth-order valence-electron chi connectivity index (χ4n) is 1.78. The summed E-state index contributed by atoms with van der Waals surface area (Å²) in [4.78, 5) is 8.90. The number of imidazole rings is 1. The van der Waals surface area contributed by atoms with Crippen molar-refractivity contribution in [1.29, 1.82) is 0 Å². The van der Waals surface area contributed by atoms with E-state index in [9.17, 15) is 0 Å². The minimum absolute atomic E-state index is 0.691. The van der Waals surface area contributed by atoms with Crippen molar-refractivity contribution in [3.8, 4) is 10.6 Å². The van der Waals surface area contributed by atoms with Gasteiger partial charge in [0.15, 0.2) is 0 Å². The molecule has 96 valence electrons. The van der Waals surface area contributed by atoms with Crippen molar-refractivity contribution in [3.05, 3.63) is 58.3 Å². The molecule has 0 spiro atoms. The third-order valence-corrected chi connectivity index (χ3v) is 4.36. The summed E-state index contributed by atoms with van der Waals surface area (Å²) in [7, 11) is 0. The van der Waals surface area contributed by atoms with Gasteiger partial charge in [-0.25, -0.2) is 4.98 Å². The largest absolute Gasteiger partial charge is 0.378 e. The number of anilines is 1. The van der Waals surface area contributed by atoms with E-state index in [1.807, 2.05) is 42.6 Å². The van der Waals surface area contributed by atoms with Crippen LogP contribution in [0.1, 0.15) is 5.82 Å². The number of hydrogen-bond acceptors (Lipinski definition) is 3. The number of nitrogens with one attached hydrogen (secondary N) is 2. The Morgan fingerprint density at radius 2 is 2.00 bits per heavy atom. The number of benzene rings is 1. The van der Waals surface area contributed by atoms with Crippen LogP contribution in [0, 0.1) is 0 Å². The van der Waals surface area contributed by atoms with Gasteiger partial charge in [0.25, 0.3) is 0 Å². The molecule has 0 atom stereocenters. The van der Waals surface area contributed by atoms with Gasteiger partial charge >= 0.3 is 0 Å². The van der Waals surface area contributed by atoms with Gasteiger partial charge in [-0.1, -0.05) is 18.2 Å². The van der Waals surface area contributed by atoms with Crippen LogP contribution in [0.15, 0.2) is 52.4 Å². The van der Waals surface area contributed by atoms with Crippen LogP contribution in [-0.2, 0) is 6.54 Å². The lowest BCUT2D eigenvalue weighted by molar-refractivity contribution is 1.00. The van der Waals surface area contributed by atoms with Crippen molar-refractivity contribution < 1.29 is 0 Å². The lowest BCUT2D eigenvalue weighted by Crippen LogP contribution is -2.00. The molecule has 0 fully saturated rings. The predicted octanol–water partition coefficient (Wildman–Crippen LogP) is 4.51. The van der Waals surface area contributed by atoms with E-state index in [1.165, 1.54) is 4.88 Å². The maximum Gasteiger partial charge on any atom is 0.125 e. The first-order valence-electron chi connectivity index (χ1n) is 5.90. The molecule has 0 radical (unpaired) electrons. The van der Waals surface area contributed by atoms with Gasteiger partial charge in [-0.15, -0.1) is 11.3 Å². The van der Waals surface area contributed by atoms with Gasteiger partial charge in [0, 0.05) is 5.69 Å². The third-order valence-electron chi connectivity index (χ3n) is 2.70. The van der Waals surface area contributed by atoms with Crippen molar-refractivity contribution in [3.63, 3.8) is 0 Å². The third kappa shape index (κ3) is 3.05. The Morgan fingerprint density at radius 3 is 2.74 bits per heavy atom. The number of nitrogens with zero attached hydrogens (tertiary/aromatic N) is 1. The summed E-state index contributed by atoms with van der Waals surface area (Å²) < 4.78 is 1.13. The molecule has 0 saturated carbocycles. The Morgan fingerprint density at radius 1 is 1.16 bits per heavy atom. The second kappa shape index (κ2) is 5.59. The van der Waals surface area contributed by atoms with Crippen LogP contribution < -0.4 is 5.32 Å². The minimum Gasteiger partial charge on any atom is -0.378 e. The second-order valence-corrected chi connectivity index (χ2v) is 6.53. The summed E-state index contributed by atoms with van der Waals surface area (Å²) in [5, 5.41) is 3.33. The zero-order valence-corrected chi connectivity index (χ0v) is 12.5. The number of H-pyrrole nitrogens is 1. The molecule has 2 N–H and O–H groups in total. The van der Waals surface area contributed by atoms with Crippen molar-refractivity contribution in [1.82, 2.24) is 9.97 Å². The molecular formula is C14H12BrN3S. The lowest BCUT2D eigenvalue weighted by atomic mass is 10.3. The van der Waals surface area contributed by atoms with Gasteiger partial charge in [0.1, 0.15) is 5.82 Å². The number of aromatic amines is 1. The fourth-order valence-corrected chi connectivity index (χ4v) is 3.13. The van der Waals surface area contributed by atoms with E-state index in [-0.39, 0.29) is 0 Å². The predicted molar refractivity (Wildman–Crippen MR) is 83.4 cm³/mol. The molecule has 0 bridgehead atoms. The highest BCUT2D eigenvalue weighted by atomic mass is 79.9. The van der Waals surface area contributed by atoms with Crippen molar-refractivity contribution in [2.45, 2.75) is 6.54 Å². The summed E-state index contributed by atoms with van der Waals surface area (Å²) in [6.45, 7) is 0.691. The van der Waals surface area contributed by atoms with Crippen LogP contribution in [0.4, 0.5) is 5.69 Å². The second-order valence-electron chi connectivity index (χ2n) is 4.07. The van der Waals surface area contributed by atoms with Gasteiger partial charge in [0.05, 0.1) is 27.1 Å². The number of rotatable bonds is 4. The van der Waals surface area contributed by atoms with Crippen molar-refractivity contribution >= 4 is 33.0 Å². The average molecular weight is 334 g/mol. The van der Waals surface area contributed by atoms with Gasteiger partial charge in [0.2, 0.25) is 0 Å². The van der Waals surface area contributed by atoms with Gasteiger partial charge in [-0.05, 0) is 40.2 Å². The van der Waals surface area contributed by atoms with Gasteiger partial charge in [-0.2, -0.15) is 0 Å². The van der Waals surface area contributed by atoms with Gasteiger partial charge in [-0.3, -0.25) is 0 Å². The highest BCUT2D eigenvalue weighted by molar-refractivity contribution is 9.11. The highest BCUT2D eigenvalue weighted by Crippen LogP contribution is 2.30. The zero-order chi connectivity index (χ0) is 13.1. The van der Waals surface area contributed by atoms with E-state index in [0.29, 0.717) is 6.54 Å². The number of halogens is 1. The summed E-state index contributed by atoms with van der Waals surface area (Å²) in [5.74, 6) is 0.934. The molecule has 3 rings (SSSR count). The molecule has 0 saturated heterocycles. The van der Waals surface area contributed by atoms with Crippen LogP contribution in [0.5, 0.6) is 0 Å². The quantitative estimate of drug-likeness (QED) is 0.737. The number of aromatic nitrogens is 2. The molecular weight excluding hydrogens is 322 g/mol. The van der Waals surface area contributed by atoms with Crippen molar-refractivity contribution in [2.75, 3.05) is 5.32 Å². The van der Waals surface area contributed by atoms with E-state index in [4.69, 9.17) is 0 Å². The highest BCUT2D eigenvalue weighted by Gasteiger charge is 2.05. The van der Waals surface area contributed by atoms with Crippen LogP contribution in [-0.4, -0.2) is 9.97 Å². The Labute approximate surface area is 123 Å². The summed E-state index contributed by atoms with van der Waals surface area (Å²) in [6.07, 6.45) is 1.88. The average Bonchev–Trinajstić information content (AvgIpc) is 3.06. The van der Waals surface area contributed by atoms with Crippen LogP contribution in [0.3, 0.4) is 0 Å². The molecule has 0 aliphatic rings. The SMILES string of the molecule is Brc1ccc(-c2cnc(CNc3ccccc3)[nH]2)s1. The topological polar surface area (TPSA) is 40.7 Å². The molecule has 0 aliphatic carbocycles. The molecule has 3 aromatic rings. The number of para-hydroxylation sites is 1. The number of thiophene rings is 1. The molecule has 2 heterocycles. The summed E-state index contributed by atoms with van der Waals surface area (Å²) >= 11 is 5.16. The standard InChI is InChI=1S/C14H12BrN3S/c15-13-7-6-12(19-13)11-8-17-14(18-11)9-16-10-4-2-1-3-5-10/h1-8,16H,9H2,(H,17,18). The summed E-state index contributed by atoms with van der Waals surface area (Å²) in [6, 6.07) is 14.2. The molecule has 0 amide bonds. The van der Waals surface area contributed by atoms with Crippen LogP contribution in [0.25, 0.3) is 10.6 Å². The molecule has 1 aromatic carbocycles. The zero-order valence-electron chi connectivity index (χ0n) is 10.1. The first-order chi connectivity index (χ1) is 9.31. The summed E-state index contributed by atoms with van der Waals surface area (Å²) in [5.41, 5.74) is 2.15. The smallest absolute Gasteiger partial charge is 0.125 e. The van der Waals surface area contributed by atoms with E-state index in [2.05, 4.69) is 37.3 Å². The minimum atomic E-state index is 0.691. The Bertz CT molecular complexity index is 660. The number of hydrogen-bond donors (Lipinski definition) is 2. The van der Waals surface area contributed by atoms with Crippen LogP contribution in [0.2, 0.25) is 0 Å². The Hall–Kier alpha value is -1.59. The molecule has 0 aliphatic heterocycles. The van der Waals surface area contributed by atoms with Crippen molar-refractivity contribution in [2.24, 2.45) is 0 Å². The monoisotopic (exact) mass is 333 g/mol. The Balaban J connectivity index is 1.68. The van der Waals surface area contributed by atoms with E-state index in [0.717, 1.165) is 21.0 Å². The molecule has 2 aromatic heterocycles. The fraction of sp³-hybridized carbons (Fsp3) is 0.0714. The first-order valence-corrected chi connectivity index (χ1v) is 7.51. The Kier molecular flexibility index (Phi) is 3.66. The maximum atomic E-state index is 4.39. The maximum absolute atomic E-state index is 4.39. The first kappa shape index (κ1) is 12.4. The van der Waals surface area contributed by atoms with E-state index in [1.54, 1.807) is 11.3 Å². The lowest BCUT2D eigenvalue weighted by Gasteiger charge is -2.03. The van der Waals surface area contributed by atoms with Gasteiger partial charge < -0.3 is 10.3 Å². The normalized spacial score (nSPS) is 10.6. The molecule has 0 unspecified atom stereocenters. The molecule has 19 heavy (non-hydrogen) atoms. The van der Waals surface area contributed by atoms with E-state index >= 15 is 0 Å². The van der Waals surface area contributed by atoms with Crippen LogP contribution >= 0.6 is 27.3 Å². The molecule has 5 heteroatoms.